The third-order valence-electron chi connectivity index (χ3n) is 2.85. The molecule has 0 heterocycles. The third-order valence-corrected chi connectivity index (χ3v) is 4.73. The van der Waals surface area contributed by atoms with Crippen LogP contribution in [0, 0.1) is 0 Å². The molecule has 1 aliphatic rings. The van der Waals surface area contributed by atoms with Gasteiger partial charge in [0.1, 0.15) is 0 Å². The first-order valence-corrected chi connectivity index (χ1v) is 7.41. The highest BCUT2D eigenvalue weighted by atomic mass is 32.2. The van der Waals surface area contributed by atoms with Gasteiger partial charge in [-0.05, 0) is 19.8 Å². The lowest BCUT2D eigenvalue weighted by Gasteiger charge is -2.36. The van der Waals surface area contributed by atoms with Crippen LogP contribution >= 0.6 is 0 Å². The Hall–Kier alpha value is -0.170. The number of hydrogen-bond donors (Lipinski definition) is 1. The van der Waals surface area contributed by atoms with Crippen molar-refractivity contribution in [1.82, 2.24) is 4.31 Å². The lowest BCUT2D eigenvalue weighted by Crippen LogP contribution is -2.47. The minimum absolute atomic E-state index is 0.0112. The Bertz CT molecular complexity index is 287. The average Bonchev–Trinajstić information content (AvgIpc) is 2.14. The van der Waals surface area contributed by atoms with Crippen LogP contribution in [0.15, 0.2) is 0 Å². The van der Waals surface area contributed by atoms with Gasteiger partial charge in [-0.15, -0.1) is 0 Å². The van der Waals surface area contributed by atoms with Crippen LogP contribution in [0.1, 0.15) is 26.2 Å². The van der Waals surface area contributed by atoms with Crippen molar-refractivity contribution in [2.75, 3.05) is 32.1 Å². The van der Waals surface area contributed by atoms with E-state index in [0.717, 1.165) is 19.3 Å². The van der Waals surface area contributed by atoms with Gasteiger partial charge in [-0.2, -0.15) is 4.31 Å². The van der Waals surface area contributed by atoms with Crippen molar-refractivity contribution in [3.8, 4) is 0 Å². The monoisotopic (exact) mass is 251 g/mol. The molecule has 0 aromatic carbocycles. The Kier molecular flexibility index (Phi) is 5.68. The number of sulfonamides is 1. The average molecular weight is 251 g/mol. The van der Waals surface area contributed by atoms with Gasteiger partial charge in [-0.3, -0.25) is 0 Å². The topological polar surface area (TPSA) is 66.8 Å². The van der Waals surface area contributed by atoms with Crippen molar-refractivity contribution in [1.29, 1.82) is 0 Å². The van der Waals surface area contributed by atoms with Crippen LogP contribution in [0.25, 0.3) is 0 Å². The summed E-state index contributed by atoms with van der Waals surface area (Å²) in [4.78, 5) is 0. The van der Waals surface area contributed by atoms with Crippen LogP contribution < -0.4 is 0 Å². The molecule has 1 aliphatic carbocycles. The van der Waals surface area contributed by atoms with Crippen LogP contribution in [0.3, 0.4) is 0 Å². The molecule has 16 heavy (non-hydrogen) atoms. The second-order valence-electron chi connectivity index (χ2n) is 3.93. The highest BCUT2D eigenvalue weighted by Gasteiger charge is 2.32. The fourth-order valence-corrected chi connectivity index (χ4v) is 3.34. The first-order chi connectivity index (χ1) is 7.61. The molecule has 1 rings (SSSR count). The maximum absolute atomic E-state index is 12.0. The number of rotatable bonds is 8. The molecule has 5 nitrogen and oxygen atoms in total. The largest absolute Gasteiger partial charge is 0.395 e. The standard InChI is InChI=1S/C10H21NO4S/c1-2-15-8-9-16(13,14)11(6-7-12)10-4-3-5-10/h10,12H,2-9H2,1H3. The molecule has 0 aromatic rings. The smallest absolute Gasteiger partial charge is 0.216 e. The molecular weight excluding hydrogens is 230 g/mol. The molecule has 0 aromatic heterocycles. The van der Waals surface area contributed by atoms with Gasteiger partial charge in [-0.1, -0.05) is 6.42 Å². The zero-order valence-electron chi connectivity index (χ0n) is 9.76. The summed E-state index contributed by atoms with van der Waals surface area (Å²) in [6.07, 6.45) is 2.90. The predicted octanol–water partition coefficient (Wildman–Crippen LogP) is 0.200. The molecule has 1 fully saturated rings. The molecule has 0 amide bonds. The molecule has 0 atom stereocenters. The van der Waals surface area contributed by atoms with Crippen molar-refractivity contribution in [3.05, 3.63) is 0 Å². The molecule has 0 unspecified atom stereocenters. The van der Waals surface area contributed by atoms with E-state index in [1.165, 1.54) is 4.31 Å². The van der Waals surface area contributed by atoms with Crippen LogP contribution in [-0.4, -0.2) is 56.0 Å². The predicted molar refractivity (Wildman–Crippen MR) is 61.7 cm³/mol. The Balaban J connectivity index is 2.53. The van der Waals surface area contributed by atoms with Gasteiger partial charge < -0.3 is 9.84 Å². The molecule has 1 saturated carbocycles. The Morgan fingerprint density at radius 2 is 2.12 bits per heavy atom. The fraction of sp³-hybridized carbons (Fsp3) is 1.00. The summed E-state index contributed by atoms with van der Waals surface area (Å²) in [7, 11) is -3.27. The van der Waals surface area contributed by atoms with Gasteiger partial charge in [0.25, 0.3) is 0 Å². The van der Waals surface area contributed by atoms with E-state index in [2.05, 4.69) is 0 Å². The van der Waals surface area contributed by atoms with E-state index >= 15 is 0 Å². The van der Waals surface area contributed by atoms with Gasteiger partial charge in [0.2, 0.25) is 10.0 Å². The zero-order valence-corrected chi connectivity index (χ0v) is 10.6. The molecule has 0 saturated heterocycles. The van der Waals surface area contributed by atoms with Crippen molar-refractivity contribution in [3.63, 3.8) is 0 Å². The minimum atomic E-state index is -3.27. The van der Waals surface area contributed by atoms with E-state index in [1.54, 1.807) is 0 Å². The number of aliphatic hydroxyl groups excluding tert-OH is 1. The van der Waals surface area contributed by atoms with Gasteiger partial charge in [-0.25, -0.2) is 8.42 Å². The Labute approximate surface area is 97.4 Å². The number of ether oxygens (including phenoxy) is 1. The second-order valence-corrected chi connectivity index (χ2v) is 5.97. The molecule has 6 heteroatoms. The van der Waals surface area contributed by atoms with Gasteiger partial charge >= 0.3 is 0 Å². The minimum Gasteiger partial charge on any atom is -0.395 e. The van der Waals surface area contributed by atoms with E-state index in [-0.39, 0.29) is 31.6 Å². The highest BCUT2D eigenvalue weighted by molar-refractivity contribution is 7.89. The molecule has 1 N–H and O–H groups in total. The SMILES string of the molecule is CCOCCS(=O)(=O)N(CCO)C1CCC1. The van der Waals surface area contributed by atoms with Gasteiger partial charge in [0.05, 0.1) is 19.0 Å². The first kappa shape index (κ1) is 13.9. The van der Waals surface area contributed by atoms with Crippen molar-refractivity contribution in [2.24, 2.45) is 0 Å². The van der Waals surface area contributed by atoms with E-state index in [9.17, 15) is 8.42 Å². The van der Waals surface area contributed by atoms with Crippen LogP contribution in [0.5, 0.6) is 0 Å². The number of nitrogens with zero attached hydrogens (tertiary/aromatic N) is 1. The van der Waals surface area contributed by atoms with Crippen LogP contribution in [-0.2, 0) is 14.8 Å². The zero-order chi connectivity index (χ0) is 12.0. The van der Waals surface area contributed by atoms with Crippen LogP contribution in [0.2, 0.25) is 0 Å². The normalized spacial score (nSPS) is 17.7. The first-order valence-electron chi connectivity index (χ1n) is 5.80. The molecule has 0 bridgehead atoms. The Morgan fingerprint density at radius 1 is 1.44 bits per heavy atom. The van der Waals surface area contributed by atoms with E-state index in [0.29, 0.717) is 6.61 Å². The fourth-order valence-electron chi connectivity index (χ4n) is 1.75. The number of hydrogen-bond acceptors (Lipinski definition) is 4. The summed E-state index contributed by atoms with van der Waals surface area (Å²) in [5.41, 5.74) is 0. The van der Waals surface area contributed by atoms with Gasteiger partial charge in [0, 0.05) is 19.2 Å². The third kappa shape index (κ3) is 3.69. The summed E-state index contributed by atoms with van der Waals surface area (Å²) >= 11 is 0. The van der Waals surface area contributed by atoms with Crippen molar-refractivity contribution in [2.45, 2.75) is 32.2 Å². The summed E-state index contributed by atoms with van der Waals surface area (Å²) < 4.78 is 30.4. The van der Waals surface area contributed by atoms with E-state index in [4.69, 9.17) is 9.84 Å². The Morgan fingerprint density at radius 3 is 2.56 bits per heavy atom. The maximum Gasteiger partial charge on any atom is 0.216 e. The summed E-state index contributed by atoms with van der Waals surface area (Å²) in [5.74, 6) is 0.0112. The molecule has 0 radical (unpaired) electrons. The molecular formula is C10H21NO4S. The molecule has 0 spiro atoms. The van der Waals surface area contributed by atoms with E-state index in [1.807, 2.05) is 6.92 Å². The summed E-state index contributed by atoms with van der Waals surface area (Å²) in [6.45, 7) is 2.68. The quantitative estimate of drug-likeness (QED) is 0.626. The van der Waals surface area contributed by atoms with E-state index < -0.39 is 10.0 Å². The lowest BCUT2D eigenvalue weighted by atomic mass is 9.93. The lowest BCUT2D eigenvalue weighted by molar-refractivity contribution is 0.156. The molecule has 96 valence electrons. The molecule has 0 aliphatic heterocycles. The maximum atomic E-state index is 12.0. The van der Waals surface area contributed by atoms with Crippen molar-refractivity contribution >= 4 is 10.0 Å². The van der Waals surface area contributed by atoms with Crippen molar-refractivity contribution < 1.29 is 18.3 Å². The highest BCUT2D eigenvalue weighted by Crippen LogP contribution is 2.26. The van der Waals surface area contributed by atoms with Gasteiger partial charge in [0.15, 0.2) is 0 Å². The summed E-state index contributed by atoms with van der Waals surface area (Å²) in [5, 5.41) is 8.90. The number of aliphatic hydroxyl groups is 1. The summed E-state index contributed by atoms with van der Waals surface area (Å²) in [6, 6.07) is 0.0961. The van der Waals surface area contributed by atoms with Crippen LogP contribution in [0.4, 0.5) is 0 Å². The second kappa shape index (κ2) is 6.54.